The summed E-state index contributed by atoms with van der Waals surface area (Å²) in [7, 11) is -3.44. The molecule has 2 N–H and O–H groups in total. The van der Waals surface area contributed by atoms with Crippen LogP contribution in [0.3, 0.4) is 0 Å². The average Bonchev–Trinajstić information content (AvgIpc) is 2.31. The molecule has 7 heteroatoms. The number of sulfonamides is 1. The van der Waals surface area contributed by atoms with Gasteiger partial charge in [0.05, 0.1) is 5.75 Å². The second-order valence-electron chi connectivity index (χ2n) is 5.00. The minimum Gasteiger partial charge on any atom is -0.313 e. The van der Waals surface area contributed by atoms with Gasteiger partial charge in [-0.15, -0.1) is 12.4 Å². The molecule has 0 amide bonds. The first kappa shape index (κ1) is 17.4. The van der Waals surface area contributed by atoms with Gasteiger partial charge in [-0.3, -0.25) is 0 Å². The normalized spacial score (nSPS) is 23.1. The first-order chi connectivity index (χ1) is 8.96. The Balaban J connectivity index is 0.00000200. The molecule has 1 saturated heterocycles. The number of hydrogen-bond acceptors (Lipinski definition) is 3. The molecule has 0 aromatic heterocycles. The Bertz CT molecular complexity index is 539. The summed E-state index contributed by atoms with van der Waals surface area (Å²) in [6.45, 7) is 2.89. The van der Waals surface area contributed by atoms with Crippen molar-refractivity contribution in [3.05, 3.63) is 35.6 Å². The topological polar surface area (TPSA) is 58.2 Å². The van der Waals surface area contributed by atoms with E-state index in [0.29, 0.717) is 5.56 Å². The molecule has 1 fully saturated rings. The number of rotatable bonds is 4. The fourth-order valence-corrected chi connectivity index (χ4v) is 3.81. The molecule has 1 aromatic rings. The lowest BCUT2D eigenvalue weighted by atomic mass is 10.0. The van der Waals surface area contributed by atoms with Crippen molar-refractivity contribution in [2.75, 3.05) is 6.54 Å². The van der Waals surface area contributed by atoms with Crippen molar-refractivity contribution < 1.29 is 12.8 Å². The maximum absolute atomic E-state index is 13.0. The Hall–Kier alpha value is -0.690. The summed E-state index contributed by atoms with van der Waals surface area (Å²) < 4.78 is 39.9. The van der Waals surface area contributed by atoms with Gasteiger partial charge < -0.3 is 5.32 Å². The highest BCUT2D eigenvalue weighted by atomic mass is 35.5. The predicted molar refractivity (Wildman–Crippen MR) is 79.9 cm³/mol. The lowest BCUT2D eigenvalue weighted by Crippen LogP contribution is -2.52. The second kappa shape index (κ2) is 7.36. The van der Waals surface area contributed by atoms with E-state index in [1.165, 1.54) is 18.2 Å². The van der Waals surface area contributed by atoms with Crippen molar-refractivity contribution in [3.63, 3.8) is 0 Å². The molecule has 4 nitrogen and oxygen atoms in total. The molecule has 1 aliphatic heterocycles. The molecule has 0 spiro atoms. The third-order valence-corrected chi connectivity index (χ3v) is 4.71. The third-order valence-electron chi connectivity index (χ3n) is 3.34. The average molecular weight is 323 g/mol. The monoisotopic (exact) mass is 322 g/mol. The molecular formula is C13H20ClFN2O2S. The number of nitrogens with one attached hydrogen (secondary N) is 2. The second-order valence-corrected chi connectivity index (χ2v) is 6.75. The molecule has 1 aromatic carbocycles. The van der Waals surface area contributed by atoms with Crippen LogP contribution in [-0.2, 0) is 15.8 Å². The first-order valence-electron chi connectivity index (χ1n) is 6.44. The van der Waals surface area contributed by atoms with E-state index in [1.807, 2.05) is 6.92 Å². The molecule has 2 rings (SSSR count). The summed E-state index contributed by atoms with van der Waals surface area (Å²) in [6.07, 6.45) is 1.79. The SMILES string of the molecule is CC1NCCCC1NS(=O)(=O)Cc1cccc(F)c1.Cl. The molecule has 0 bridgehead atoms. The minimum absolute atomic E-state index is 0. The highest BCUT2D eigenvalue weighted by Gasteiger charge is 2.25. The van der Waals surface area contributed by atoms with Gasteiger partial charge in [-0.05, 0) is 44.0 Å². The van der Waals surface area contributed by atoms with Crippen molar-refractivity contribution in [2.24, 2.45) is 0 Å². The summed E-state index contributed by atoms with van der Waals surface area (Å²) in [4.78, 5) is 0. The fraction of sp³-hybridized carbons (Fsp3) is 0.538. The van der Waals surface area contributed by atoms with Crippen LogP contribution < -0.4 is 10.0 Å². The Labute approximate surface area is 125 Å². The summed E-state index contributed by atoms with van der Waals surface area (Å²) in [5.74, 6) is -0.603. The van der Waals surface area contributed by atoms with E-state index < -0.39 is 15.8 Å². The van der Waals surface area contributed by atoms with Crippen molar-refractivity contribution in [1.82, 2.24) is 10.0 Å². The smallest absolute Gasteiger partial charge is 0.216 e. The first-order valence-corrected chi connectivity index (χ1v) is 8.09. The number of benzene rings is 1. The van der Waals surface area contributed by atoms with Gasteiger partial charge in [-0.1, -0.05) is 12.1 Å². The van der Waals surface area contributed by atoms with Crippen molar-refractivity contribution in [3.8, 4) is 0 Å². The lowest BCUT2D eigenvalue weighted by molar-refractivity contribution is 0.348. The minimum atomic E-state index is -3.44. The largest absolute Gasteiger partial charge is 0.313 e. The Morgan fingerprint density at radius 2 is 2.20 bits per heavy atom. The zero-order valence-electron chi connectivity index (χ0n) is 11.3. The van der Waals surface area contributed by atoms with Crippen LogP contribution >= 0.6 is 12.4 Å². The lowest BCUT2D eigenvalue weighted by Gasteiger charge is -2.30. The van der Waals surface area contributed by atoms with Crippen LogP contribution in [-0.4, -0.2) is 27.0 Å². The molecule has 0 aliphatic carbocycles. The van der Waals surface area contributed by atoms with E-state index in [1.54, 1.807) is 6.07 Å². The van der Waals surface area contributed by atoms with Crippen LogP contribution in [0.1, 0.15) is 25.3 Å². The number of hydrogen-bond donors (Lipinski definition) is 2. The predicted octanol–water partition coefficient (Wildman–Crippen LogP) is 1.81. The van der Waals surface area contributed by atoms with E-state index in [-0.39, 0.29) is 30.2 Å². The van der Waals surface area contributed by atoms with Crippen LogP contribution in [0.15, 0.2) is 24.3 Å². The van der Waals surface area contributed by atoms with Gasteiger partial charge in [-0.2, -0.15) is 0 Å². The van der Waals surface area contributed by atoms with Crippen LogP contribution in [0.4, 0.5) is 4.39 Å². The summed E-state index contributed by atoms with van der Waals surface area (Å²) in [6, 6.07) is 5.72. The van der Waals surface area contributed by atoms with Crippen molar-refractivity contribution in [1.29, 1.82) is 0 Å². The van der Waals surface area contributed by atoms with E-state index >= 15 is 0 Å². The van der Waals surface area contributed by atoms with E-state index in [4.69, 9.17) is 0 Å². The maximum atomic E-state index is 13.0. The molecule has 114 valence electrons. The van der Waals surface area contributed by atoms with Crippen LogP contribution in [0.2, 0.25) is 0 Å². The van der Waals surface area contributed by atoms with Crippen LogP contribution in [0.5, 0.6) is 0 Å². The summed E-state index contributed by atoms with van der Waals surface area (Å²) in [5.41, 5.74) is 0.462. The number of piperidine rings is 1. The van der Waals surface area contributed by atoms with Gasteiger partial charge in [0, 0.05) is 12.1 Å². The molecule has 2 unspecified atom stereocenters. The standard InChI is InChI=1S/C13H19FN2O2S.ClH/c1-10-13(6-3-7-15-10)16-19(17,18)9-11-4-2-5-12(14)8-11;/h2,4-5,8,10,13,15-16H,3,6-7,9H2,1H3;1H. The van der Waals surface area contributed by atoms with Crippen molar-refractivity contribution >= 4 is 22.4 Å². The maximum Gasteiger partial charge on any atom is 0.216 e. The third kappa shape index (κ3) is 5.01. The van der Waals surface area contributed by atoms with Gasteiger partial charge in [0.2, 0.25) is 10.0 Å². The Morgan fingerprint density at radius 3 is 2.85 bits per heavy atom. The number of halogens is 2. The molecular weight excluding hydrogens is 303 g/mol. The Morgan fingerprint density at radius 1 is 1.45 bits per heavy atom. The fourth-order valence-electron chi connectivity index (χ4n) is 2.32. The van der Waals surface area contributed by atoms with Crippen molar-refractivity contribution in [2.45, 2.75) is 37.6 Å². The molecule has 1 heterocycles. The van der Waals surface area contributed by atoms with E-state index in [0.717, 1.165) is 19.4 Å². The molecule has 2 atom stereocenters. The quantitative estimate of drug-likeness (QED) is 0.889. The van der Waals surface area contributed by atoms with E-state index in [9.17, 15) is 12.8 Å². The summed E-state index contributed by atoms with van der Waals surface area (Å²) in [5, 5.41) is 3.24. The molecule has 20 heavy (non-hydrogen) atoms. The molecule has 1 aliphatic rings. The van der Waals surface area contributed by atoms with E-state index in [2.05, 4.69) is 10.0 Å². The highest BCUT2D eigenvalue weighted by Crippen LogP contribution is 2.12. The molecule has 0 radical (unpaired) electrons. The van der Waals surface area contributed by atoms with Gasteiger partial charge in [-0.25, -0.2) is 17.5 Å². The van der Waals surface area contributed by atoms with Gasteiger partial charge in [0.15, 0.2) is 0 Å². The van der Waals surface area contributed by atoms with Gasteiger partial charge in [0.1, 0.15) is 5.82 Å². The molecule has 0 saturated carbocycles. The summed E-state index contributed by atoms with van der Waals surface area (Å²) >= 11 is 0. The highest BCUT2D eigenvalue weighted by molar-refractivity contribution is 7.88. The zero-order chi connectivity index (χ0) is 13.9. The Kier molecular flexibility index (Phi) is 6.39. The van der Waals surface area contributed by atoms with Gasteiger partial charge in [0.25, 0.3) is 0 Å². The van der Waals surface area contributed by atoms with Gasteiger partial charge >= 0.3 is 0 Å². The zero-order valence-corrected chi connectivity index (χ0v) is 12.9. The van der Waals surface area contributed by atoms with Crippen LogP contribution in [0.25, 0.3) is 0 Å². The van der Waals surface area contributed by atoms with Crippen LogP contribution in [0, 0.1) is 5.82 Å².